The molecule has 0 bridgehead atoms. The Morgan fingerprint density at radius 3 is 2.73 bits per heavy atom. The summed E-state index contributed by atoms with van der Waals surface area (Å²) in [4.78, 5) is 24.6. The van der Waals surface area contributed by atoms with Crippen LogP contribution in [-0.2, 0) is 6.54 Å². The molecule has 3 aromatic rings. The van der Waals surface area contributed by atoms with E-state index in [0.29, 0.717) is 23.7 Å². The summed E-state index contributed by atoms with van der Waals surface area (Å²) in [6, 6.07) is 9.79. The molecule has 0 aliphatic carbocycles. The van der Waals surface area contributed by atoms with Gasteiger partial charge in [-0.15, -0.1) is 11.3 Å². The number of amides is 1. The SMILES string of the molecule is O=C(c1cnc(Cl)c(Cl)c1)N1CC[NH+](Cc2nc3ccccc3s2)CC1. The summed E-state index contributed by atoms with van der Waals surface area (Å²) in [7, 11) is 0. The van der Waals surface area contributed by atoms with Gasteiger partial charge in [0.05, 0.1) is 47.0 Å². The number of hydrogen-bond donors (Lipinski definition) is 1. The first-order valence-electron chi connectivity index (χ1n) is 8.38. The normalized spacial score (nSPS) is 15.5. The number of para-hydroxylation sites is 1. The number of hydrogen-bond acceptors (Lipinski definition) is 4. The van der Waals surface area contributed by atoms with Crippen LogP contribution in [0, 0.1) is 0 Å². The van der Waals surface area contributed by atoms with Crippen molar-refractivity contribution in [1.29, 1.82) is 0 Å². The predicted molar refractivity (Wildman–Crippen MR) is 104 cm³/mol. The van der Waals surface area contributed by atoms with Crippen LogP contribution in [0.15, 0.2) is 36.5 Å². The number of carbonyl (C=O) groups excluding carboxylic acids is 1. The summed E-state index contributed by atoms with van der Waals surface area (Å²) in [6.07, 6.45) is 1.48. The van der Waals surface area contributed by atoms with E-state index in [1.165, 1.54) is 15.8 Å². The Morgan fingerprint density at radius 2 is 2.00 bits per heavy atom. The van der Waals surface area contributed by atoms with Crippen LogP contribution < -0.4 is 4.90 Å². The van der Waals surface area contributed by atoms with E-state index in [9.17, 15) is 4.79 Å². The van der Waals surface area contributed by atoms with Crippen LogP contribution in [-0.4, -0.2) is 47.0 Å². The lowest BCUT2D eigenvalue weighted by molar-refractivity contribution is -0.917. The molecule has 4 rings (SSSR count). The third-order valence-electron chi connectivity index (χ3n) is 4.54. The Kier molecular flexibility index (Phi) is 5.09. The zero-order chi connectivity index (χ0) is 18.1. The van der Waals surface area contributed by atoms with Crippen LogP contribution in [0.25, 0.3) is 10.2 Å². The lowest BCUT2D eigenvalue weighted by atomic mass is 10.2. The van der Waals surface area contributed by atoms with Gasteiger partial charge in [0.2, 0.25) is 0 Å². The van der Waals surface area contributed by atoms with Crippen molar-refractivity contribution in [3.63, 3.8) is 0 Å². The summed E-state index contributed by atoms with van der Waals surface area (Å²) in [5, 5.41) is 1.67. The molecule has 1 N–H and O–H groups in total. The maximum absolute atomic E-state index is 12.6. The van der Waals surface area contributed by atoms with Crippen molar-refractivity contribution in [2.45, 2.75) is 6.54 Å². The van der Waals surface area contributed by atoms with Gasteiger partial charge in [-0.2, -0.15) is 0 Å². The van der Waals surface area contributed by atoms with Gasteiger partial charge in [0, 0.05) is 6.20 Å². The molecule has 0 unspecified atom stereocenters. The lowest BCUT2D eigenvalue weighted by Gasteiger charge is -2.31. The molecule has 0 radical (unpaired) electrons. The van der Waals surface area contributed by atoms with Gasteiger partial charge >= 0.3 is 0 Å². The minimum Gasteiger partial charge on any atom is -0.327 e. The molecule has 5 nitrogen and oxygen atoms in total. The van der Waals surface area contributed by atoms with Crippen molar-refractivity contribution < 1.29 is 9.69 Å². The van der Waals surface area contributed by atoms with E-state index in [0.717, 1.165) is 30.2 Å². The first kappa shape index (κ1) is 17.7. The third kappa shape index (κ3) is 3.69. The largest absolute Gasteiger partial charge is 0.327 e. The number of rotatable bonds is 3. The molecule has 1 amide bonds. The number of nitrogens with zero attached hydrogens (tertiary/aromatic N) is 3. The second kappa shape index (κ2) is 7.48. The molecule has 134 valence electrons. The van der Waals surface area contributed by atoms with Gasteiger partial charge in [-0.25, -0.2) is 9.97 Å². The number of carbonyl (C=O) groups is 1. The van der Waals surface area contributed by atoms with Crippen LogP contribution in [0.1, 0.15) is 15.4 Å². The van der Waals surface area contributed by atoms with Gasteiger partial charge < -0.3 is 9.80 Å². The fourth-order valence-corrected chi connectivity index (χ4v) is 4.44. The van der Waals surface area contributed by atoms with E-state index in [4.69, 9.17) is 28.2 Å². The Balaban J connectivity index is 1.37. The fourth-order valence-electron chi connectivity index (χ4n) is 3.13. The minimum atomic E-state index is -0.0462. The van der Waals surface area contributed by atoms with Crippen LogP contribution in [0.2, 0.25) is 10.2 Å². The van der Waals surface area contributed by atoms with Crippen molar-refractivity contribution >= 4 is 50.7 Å². The van der Waals surface area contributed by atoms with E-state index in [1.807, 2.05) is 23.1 Å². The highest BCUT2D eigenvalue weighted by molar-refractivity contribution is 7.18. The molecule has 0 saturated carbocycles. The Morgan fingerprint density at radius 1 is 1.23 bits per heavy atom. The fraction of sp³-hybridized carbons (Fsp3) is 0.278. The highest BCUT2D eigenvalue weighted by atomic mass is 35.5. The molecule has 0 atom stereocenters. The Bertz CT molecular complexity index is 920. The van der Waals surface area contributed by atoms with E-state index < -0.39 is 0 Å². The maximum Gasteiger partial charge on any atom is 0.255 e. The number of pyridine rings is 1. The van der Waals surface area contributed by atoms with E-state index in [-0.39, 0.29) is 11.1 Å². The summed E-state index contributed by atoms with van der Waals surface area (Å²) in [5.41, 5.74) is 1.54. The van der Waals surface area contributed by atoms with Gasteiger partial charge in [0.15, 0.2) is 0 Å². The highest BCUT2D eigenvalue weighted by Gasteiger charge is 2.26. The molecule has 1 aromatic carbocycles. The molecule has 1 saturated heterocycles. The number of quaternary nitrogens is 1. The van der Waals surface area contributed by atoms with Crippen molar-refractivity contribution in [3.8, 4) is 0 Å². The molecular formula is C18H17Cl2N4OS+. The minimum absolute atomic E-state index is 0.0462. The molecule has 8 heteroatoms. The first-order valence-corrected chi connectivity index (χ1v) is 9.96. The smallest absolute Gasteiger partial charge is 0.255 e. The third-order valence-corrected chi connectivity index (χ3v) is 6.26. The van der Waals surface area contributed by atoms with E-state index >= 15 is 0 Å². The average Bonchev–Trinajstić information content (AvgIpc) is 3.06. The number of thiazole rings is 1. The second-order valence-corrected chi connectivity index (χ2v) is 8.17. The second-order valence-electron chi connectivity index (χ2n) is 6.29. The number of fused-ring (bicyclic) bond motifs is 1. The van der Waals surface area contributed by atoms with Crippen molar-refractivity contribution in [2.75, 3.05) is 26.2 Å². The molecule has 1 aliphatic rings. The average molecular weight is 408 g/mol. The van der Waals surface area contributed by atoms with Crippen molar-refractivity contribution in [1.82, 2.24) is 14.9 Å². The Labute approximate surface area is 165 Å². The maximum atomic E-state index is 12.6. The highest BCUT2D eigenvalue weighted by Crippen LogP contribution is 2.21. The van der Waals surface area contributed by atoms with Crippen LogP contribution >= 0.6 is 34.5 Å². The van der Waals surface area contributed by atoms with Gasteiger partial charge in [0.1, 0.15) is 16.7 Å². The molecule has 1 fully saturated rings. The number of aromatic nitrogens is 2. The number of benzene rings is 1. The van der Waals surface area contributed by atoms with E-state index in [2.05, 4.69) is 11.1 Å². The molecule has 2 aromatic heterocycles. The molecule has 1 aliphatic heterocycles. The van der Waals surface area contributed by atoms with Gasteiger partial charge in [0.25, 0.3) is 5.91 Å². The summed E-state index contributed by atoms with van der Waals surface area (Å²) in [6.45, 7) is 4.11. The van der Waals surface area contributed by atoms with Crippen LogP contribution in [0.3, 0.4) is 0 Å². The molecule has 3 heterocycles. The monoisotopic (exact) mass is 407 g/mol. The van der Waals surface area contributed by atoms with Crippen LogP contribution in [0.5, 0.6) is 0 Å². The molecular weight excluding hydrogens is 391 g/mol. The predicted octanol–water partition coefficient (Wildman–Crippen LogP) is 2.54. The summed E-state index contributed by atoms with van der Waals surface area (Å²) < 4.78 is 1.22. The number of halogens is 2. The summed E-state index contributed by atoms with van der Waals surface area (Å²) in [5.74, 6) is -0.0462. The van der Waals surface area contributed by atoms with E-state index in [1.54, 1.807) is 17.4 Å². The van der Waals surface area contributed by atoms with Gasteiger partial charge in [-0.3, -0.25) is 4.79 Å². The zero-order valence-corrected chi connectivity index (χ0v) is 16.2. The zero-order valence-electron chi connectivity index (χ0n) is 13.9. The quantitative estimate of drug-likeness (QED) is 0.678. The Hall–Kier alpha value is -1.73. The molecule has 26 heavy (non-hydrogen) atoms. The van der Waals surface area contributed by atoms with Crippen LogP contribution in [0.4, 0.5) is 0 Å². The molecule has 0 spiro atoms. The standard InChI is InChI=1S/C18H16Cl2N4OS/c19-13-9-12(10-21-17(13)20)18(25)24-7-5-23(6-8-24)11-16-22-14-3-1-2-4-15(14)26-16/h1-4,9-10H,5-8,11H2/p+1. The summed E-state index contributed by atoms with van der Waals surface area (Å²) >= 11 is 13.5. The number of piperazine rings is 1. The van der Waals surface area contributed by atoms with Crippen molar-refractivity contribution in [3.05, 3.63) is 57.3 Å². The first-order chi connectivity index (χ1) is 12.6. The lowest BCUT2D eigenvalue weighted by Crippen LogP contribution is -3.13. The topological polar surface area (TPSA) is 50.5 Å². The van der Waals surface area contributed by atoms with Gasteiger partial charge in [-0.1, -0.05) is 35.3 Å². The van der Waals surface area contributed by atoms with Gasteiger partial charge in [-0.05, 0) is 18.2 Å². The van der Waals surface area contributed by atoms with Crippen molar-refractivity contribution in [2.24, 2.45) is 0 Å². The number of nitrogens with one attached hydrogen (secondary N) is 1.